The van der Waals surface area contributed by atoms with E-state index in [-0.39, 0.29) is 6.10 Å². The molecule has 0 saturated heterocycles. The number of hydrogen-bond donors (Lipinski definition) is 2. The molecule has 30 heavy (non-hydrogen) atoms. The minimum atomic E-state index is -0.186. The lowest BCUT2D eigenvalue weighted by Crippen LogP contribution is -2.21. The fourth-order valence-corrected chi connectivity index (χ4v) is 3.63. The maximum absolute atomic E-state index is 9.69. The van der Waals surface area contributed by atoms with E-state index in [0.717, 1.165) is 37.1 Å². The van der Waals surface area contributed by atoms with Crippen LogP contribution in [-0.2, 0) is 0 Å². The summed E-state index contributed by atoms with van der Waals surface area (Å²) in [5, 5.41) is 25.6. The summed E-state index contributed by atoms with van der Waals surface area (Å²) in [6.07, 6.45) is 10.2. The van der Waals surface area contributed by atoms with Crippen molar-refractivity contribution in [2.24, 2.45) is 0 Å². The van der Waals surface area contributed by atoms with Gasteiger partial charge in [0, 0.05) is 12.3 Å². The Bertz CT molecular complexity index is 1150. The van der Waals surface area contributed by atoms with Crippen molar-refractivity contribution >= 4 is 22.8 Å². The van der Waals surface area contributed by atoms with Crippen LogP contribution in [0.3, 0.4) is 0 Å². The summed E-state index contributed by atoms with van der Waals surface area (Å²) in [6.45, 7) is 0. The predicted molar refractivity (Wildman–Crippen MR) is 108 cm³/mol. The number of aromatic nitrogens is 8. The number of aliphatic hydroxyl groups is 1. The van der Waals surface area contributed by atoms with Crippen LogP contribution in [0.5, 0.6) is 5.88 Å². The van der Waals surface area contributed by atoms with Gasteiger partial charge < -0.3 is 15.2 Å². The van der Waals surface area contributed by atoms with Crippen molar-refractivity contribution in [2.45, 2.75) is 37.8 Å². The van der Waals surface area contributed by atoms with E-state index < -0.39 is 0 Å². The van der Waals surface area contributed by atoms with Crippen molar-refractivity contribution in [3.05, 3.63) is 36.9 Å². The molecule has 0 unspecified atom stereocenters. The van der Waals surface area contributed by atoms with Crippen LogP contribution in [0, 0.1) is 0 Å². The summed E-state index contributed by atoms with van der Waals surface area (Å²) in [5.41, 5.74) is 2.65. The standard InChI is InChI=1S/C19H21N9O2/c1-30-17-7-4-14(9-20-17)28-18-16(25-26-28)10-21-19(24-18)23-12-8-22-27(11-12)13-2-5-15(29)6-3-13/h4,7-11,13,15,29H,2-3,5-6H2,1H3,(H,21,23,24). The third-order valence-electron chi connectivity index (χ3n) is 5.26. The van der Waals surface area contributed by atoms with Gasteiger partial charge in [0.15, 0.2) is 11.2 Å². The summed E-state index contributed by atoms with van der Waals surface area (Å²) in [7, 11) is 1.57. The van der Waals surface area contributed by atoms with Crippen molar-refractivity contribution in [3.8, 4) is 11.6 Å². The van der Waals surface area contributed by atoms with Crippen molar-refractivity contribution in [3.63, 3.8) is 0 Å². The first-order chi connectivity index (χ1) is 14.7. The van der Waals surface area contributed by atoms with Crippen LogP contribution in [0.15, 0.2) is 36.9 Å². The molecule has 0 atom stereocenters. The molecule has 0 radical (unpaired) electrons. The molecule has 11 heteroatoms. The number of nitrogens with zero attached hydrogens (tertiary/aromatic N) is 8. The Hall–Kier alpha value is -3.60. The highest BCUT2D eigenvalue weighted by atomic mass is 16.5. The molecule has 0 spiro atoms. The van der Waals surface area contributed by atoms with Gasteiger partial charge in [-0.1, -0.05) is 5.21 Å². The van der Waals surface area contributed by atoms with E-state index in [4.69, 9.17) is 4.74 Å². The highest BCUT2D eigenvalue weighted by Gasteiger charge is 2.21. The Morgan fingerprint density at radius 1 is 1.10 bits per heavy atom. The molecule has 0 aliphatic heterocycles. The first kappa shape index (κ1) is 18.4. The van der Waals surface area contributed by atoms with Crippen LogP contribution < -0.4 is 10.1 Å². The van der Waals surface area contributed by atoms with Gasteiger partial charge in [0.2, 0.25) is 11.8 Å². The van der Waals surface area contributed by atoms with Crippen molar-refractivity contribution < 1.29 is 9.84 Å². The molecule has 154 valence electrons. The van der Waals surface area contributed by atoms with Crippen LogP contribution in [0.1, 0.15) is 31.7 Å². The molecule has 11 nitrogen and oxygen atoms in total. The number of fused-ring (bicyclic) bond motifs is 1. The smallest absolute Gasteiger partial charge is 0.229 e. The largest absolute Gasteiger partial charge is 0.481 e. The van der Waals surface area contributed by atoms with Crippen LogP contribution >= 0.6 is 0 Å². The summed E-state index contributed by atoms with van der Waals surface area (Å²) in [4.78, 5) is 13.1. The maximum Gasteiger partial charge on any atom is 0.229 e. The molecule has 1 aliphatic carbocycles. The predicted octanol–water partition coefficient (Wildman–Crippen LogP) is 2.03. The molecule has 0 amide bonds. The van der Waals surface area contributed by atoms with E-state index in [2.05, 4.69) is 35.7 Å². The molecule has 5 rings (SSSR count). The number of rotatable bonds is 5. The van der Waals surface area contributed by atoms with Gasteiger partial charge in [0.25, 0.3) is 0 Å². The van der Waals surface area contributed by atoms with Crippen LogP contribution in [0.25, 0.3) is 16.9 Å². The fraction of sp³-hybridized carbons (Fsp3) is 0.368. The average molecular weight is 407 g/mol. The second-order valence-corrected chi connectivity index (χ2v) is 7.26. The molecule has 2 N–H and O–H groups in total. The normalized spacial score (nSPS) is 19.1. The minimum absolute atomic E-state index is 0.186. The summed E-state index contributed by atoms with van der Waals surface area (Å²) in [5.74, 6) is 0.941. The molecule has 0 bridgehead atoms. The highest BCUT2D eigenvalue weighted by Crippen LogP contribution is 2.29. The Labute approximate surface area is 171 Å². The van der Waals surface area contributed by atoms with Crippen molar-refractivity contribution in [2.75, 3.05) is 12.4 Å². The number of ether oxygens (including phenoxy) is 1. The molecule has 0 aromatic carbocycles. The second kappa shape index (κ2) is 7.67. The second-order valence-electron chi connectivity index (χ2n) is 7.26. The van der Waals surface area contributed by atoms with E-state index in [0.29, 0.717) is 29.0 Å². The van der Waals surface area contributed by atoms with Crippen LogP contribution in [0.2, 0.25) is 0 Å². The molecule has 4 aromatic heterocycles. The van der Waals surface area contributed by atoms with Gasteiger partial charge in [0.1, 0.15) is 0 Å². The van der Waals surface area contributed by atoms with E-state index >= 15 is 0 Å². The van der Waals surface area contributed by atoms with Crippen molar-refractivity contribution in [1.29, 1.82) is 0 Å². The van der Waals surface area contributed by atoms with E-state index in [1.165, 1.54) is 0 Å². The third kappa shape index (κ3) is 3.54. The number of hydrogen-bond acceptors (Lipinski definition) is 9. The lowest BCUT2D eigenvalue weighted by molar-refractivity contribution is 0.108. The Kier molecular flexibility index (Phi) is 4.71. The lowest BCUT2D eigenvalue weighted by Gasteiger charge is -2.25. The number of anilines is 2. The summed E-state index contributed by atoms with van der Waals surface area (Å²) in [6, 6.07) is 3.89. The van der Waals surface area contributed by atoms with Gasteiger partial charge in [-0.25, -0.2) is 9.97 Å². The molecule has 1 saturated carbocycles. The van der Waals surface area contributed by atoms with Crippen LogP contribution in [-0.4, -0.2) is 58.0 Å². The monoisotopic (exact) mass is 407 g/mol. The van der Waals surface area contributed by atoms with Crippen molar-refractivity contribution in [1.82, 2.24) is 39.7 Å². The Balaban J connectivity index is 1.37. The minimum Gasteiger partial charge on any atom is -0.481 e. The van der Waals surface area contributed by atoms with E-state index in [1.807, 2.05) is 16.9 Å². The van der Waals surface area contributed by atoms with Gasteiger partial charge >= 0.3 is 0 Å². The Morgan fingerprint density at radius 2 is 1.97 bits per heavy atom. The van der Waals surface area contributed by atoms with Crippen LogP contribution in [0.4, 0.5) is 11.6 Å². The van der Waals surface area contributed by atoms with Gasteiger partial charge in [-0.05, 0) is 31.7 Å². The SMILES string of the molecule is COc1ccc(-n2nnc3cnc(Nc4cnn(C5CCC(O)CC5)c4)nc32)cn1. The molecule has 4 aromatic rings. The fourth-order valence-electron chi connectivity index (χ4n) is 3.63. The third-order valence-corrected chi connectivity index (χ3v) is 5.26. The number of pyridine rings is 1. The number of nitrogens with one attached hydrogen (secondary N) is 1. The number of methoxy groups -OCH3 is 1. The summed E-state index contributed by atoms with van der Waals surface area (Å²) >= 11 is 0. The quantitative estimate of drug-likeness (QED) is 0.510. The van der Waals surface area contributed by atoms with Gasteiger partial charge in [0.05, 0.1) is 49.2 Å². The number of aliphatic hydroxyl groups excluding tert-OH is 1. The van der Waals surface area contributed by atoms with Gasteiger partial charge in [-0.2, -0.15) is 14.8 Å². The van der Waals surface area contributed by atoms with E-state index in [1.54, 1.807) is 36.4 Å². The van der Waals surface area contributed by atoms with Gasteiger partial charge in [-0.15, -0.1) is 5.10 Å². The first-order valence-electron chi connectivity index (χ1n) is 9.78. The highest BCUT2D eigenvalue weighted by molar-refractivity contribution is 5.72. The zero-order valence-corrected chi connectivity index (χ0v) is 16.4. The topological polar surface area (TPSA) is 129 Å². The maximum atomic E-state index is 9.69. The lowest BCUT2D eigenvalue weighted by atomic mass is 9.93. The summed E-state index contributed by atoms with van der Waals surface area (Å²) < 4.78 is 8.65. The van der Waals surface area contributed by atoms with Gasteiger partial charge in [-0.3, -0.25) is 4.68 Å². The molecule has 4 heterocycles. The molecular formula is C19H21N9O2. The molecular weight excluding hydrogens is 386 g/mol. The van der Waals surface area contributed by atoms with E-state index in [9.17, 15) is 5.11 Å². The molecule has 1 fully saturated rings. The molecule has 1 aliphatic rings. The average Bonchev–Trinajstić information content (AvgIpc) is 3.41. The zero-order valence-electron chi connectivity index (χ0n) is 16.4. The first-order valence-corrected chi connectivity index (χ1v) is 9.78. The zero-order chi connectivity index (χ0) is 20.5. The Morgan fingerprint density at radius 3 is 2.73 bits per heavy atom.